The first-order valence-electron chi connectivity index (χ1n) is 6.24. The normalized spacial score (nSPS) is 12.4. The minimum absolute atomic E-state index is 0.224. The zero-order valence-electron chi connectivity index (χ0n) is 11.4. The van der Waals surface area contributed by atoms with Crippen molar-refractivity contribution in [1.29, 1.82) is 0 Å². The smallest absolute Gasteiger partial charge is 0.0766 e. The van der Waals surface area contributed by atoms with E-state index in [0.29, 0.717) is 5.92 Å². The van der Waals surface area contributed by atoms with Gasteiger partial charge in [-0.15, -0.1) is 0 Å². The maximum absolute atomic E-state index is 4.58. The van der Waals surface area contributed by atoms with Crippen LogP contribution < -0.4 is 0 Å². The Hall–Kier alpha value is 0.650. The molecule has 0 fully saturated rings. The lowest BCUT2D eigenvalue weighted by molar-refractivity contribution is 0.261. The number of nitrogens with zero attached hydrogens (tertiary/aromatic N) is 2. The molecule has 0 N–H and O–H groups in total. The molecule has 104 valence electrons. The van der Waals surface area contributed by atoms with Crippen LogP contribution in [0.4, 0.5) is 0 Å². The second-order valence-electron chi connectivity index (χ2n) is 5.15. The van der Waals surface area contributed by atoms with Crippen LogP contribution in [-0.4, -0.2) is 20.4 Å². The van der Waals surface area contributed by atoms with Crippen molar-refractivity contribution in [2.75, 3.05) is 10.7 Å². The predicted molar refractivity (Wildman–Crippen MR) is 88.8 cm³/mol. The number of aryl methyl sites for hydroxylation is 2. The van der Waals surface area contributed by atoms with Gasteiger partial charge in [0.25, 0.3) is 0 Å². The Labute approximate surface area is 135 Å². The summed E-state index contributed by atoms with van der Waals surface area (Å²) in [5.74, 6) is 0.600. The van der Waals surface area contributed by atoms with Crippen LogP contribution in [-0.2, 0) is 19.9 Å². The molecule has 2 nitrogen and oxygen atoms in total. The lowest BCUT2D eigenvalue weighted by Gasteiger charge is -2.34. The van der Waals surface area contributed by atoms with E-state index in [1.54, 1.807) is 0 Å². The van der Waals surface area contributed by atoms with Gasteiger partial charge in [0.15, 0.2) is 0 Å². The maximum atomic E-state index is 4.58. The first-order valence-corrected chi connectivity index (χ1v) is 9.27. The van der Waals surface area contributed by atoms with Crippen LogP contribution >= 0.6 is 47.8 Å². The van der Waals surface area contributed by atoms with Crippen molar-refractivity contribution in [3.63, 3.8) is 0 Å². The molecule has 0 radical (unpaired) electrons. The fourth-order valence-corrected chi connectivity index (χ4v) is 5.36. The molecule has 0 aliphatic rings. The number of hydrogen-bond acceptors (Lipinski definition) is 1. The summed E-state index contributed by atoms with van der Waals surface area (Å²) in [6, 6.07) is 0. The Morgan fingerprint density at radius 1 is 1.28 bits per heavy atom. The molecule has 1 heterocycles. The van der Waals surface area contributed by atoms with Gasteiger partial charge < -0.3 is 0 Å². The molecule has 0 atom stereocenters. The Morgan fingerprint density at radius 3 is 2.17 bits per heavy atom. The van der Waals surface area contributed by atoms with Crippen LogP contribution in [0.5, 0.6) is 0 Å². The highest BCUT2D eigenvalue weighted by Gasteiger charge is 2.34. The third-order valence-electron chi connectivity index (χ3n) is 3.78. The average molecular weight is 445 g/mol. The predicted octanol–water partition coefficient (Wildman–Crippen LogP) is 4.72. The number of rotatable bonds is 6. The van der Waals surface area contributed by atoms with Crippen LogP contribution in [0.1, 0.15) is 32.2 Å². The van der Waals surface area contributed by atoms with Crippen molar-refractivity contribution in [3.05, 3.63) is 15.9 Å². The summed E-state index contributed by atoms with van der Waals surface area (Å²) in [6.45, 7) is 6.71. The molecule has 0 bridgehead atoms. The lowest BCUT2D eigenvalue weighted by Crippen LogP contribution is -2.34. The van der Waals surface area contributed by atoms with Crippen LogP contribution in [0, 0.1) is 11.3 Å². The van der Waals surface area contributed by atoms with Gasteiger partial charge in [0.05, 0.1) is 15.9 Å². The molecule has 0 aromatic carbocycles. The SMILES string of the molecule is CCc1nn(C)c(CC(CBr)(CBr)C(C)C)c1Br. The van der Waals surface area contributed by atoms with E-state index in [1.807, 2.05) is 11.7 Å². The summed E-state index contributed by atoms with van der Waals surface area (Å²) in [5.41, 5.74) is 2.66. The summed E-state index contributed by atoms with van der Waals surface area (Å²) >= 11 is 11.1. The van der Waals surface area contributed by atoms with Crippen LogP contribution in [0.25, 0.3) is 0 Å². The van der Waals surface area contributed by atoms with E-state index in [4.69, 9.17) is 0 Å². The number of aromatic nitrogens is 2. The van der Waals surface area contributed by atoms with Crippen molar-refractivity contribution in [1.82, 2.24) is 9.78 Å². The van der Waals surface area contributed by atoms with E-state index in [-0.39, 0.29) is 5.41 Å². The molecule has 0 aliphatic heterocycles. The van der Waals surface area contributed by atoms with Crippen molar-refractivity contribution in [2.24, 2.45) is 18.4 Å². The number of halogens is 3. The molecule has 0 saturated carbocycles. The van der Waals surface area contributed by atoms with Gasteiger partial charge in [-0.05, 0) is 40.1 Å². The van der Waals surface area contributed by atoms with Gasteiger partial charge in [0.1, 0.15) is 0 Å². The standard InChI is InChI=1S/C13H21Br3N2/c1-5-10-12(16)11(18(4)17-10)6-13(7-14,8-15)9(2)3/h9H,5-8H2,1-4H3. The molecule has 18 heavy (non-hydrogen) atoms. The summed E-state index contributed by atoms with van der Waals surface area (Å²) in [6.07, 6.45) is 1.98. The third kappa shape index (κ3) is 3.21. The van der Waals surface area contributed by atoms with Gasteiger partial charge in [-0.3, -0.25) is 4.68 Å². The number of alkyl halides is 2. The van der Waals surface area contributed by atoms with Gasteiger partial charge in [-0.1, -0.05) is 52.6 Å². The third-order valence-corrected chi connectivity index (χ3v) is 6.93. The molecule has 0 saturated heterocycles. The van der Waals surface area contributed by atoms with E-state index in [2.05, 4.69) is 73.7 Å². The molecule has 5 heteroatoms. The molecule has 0 spiro atoms. The van der Waals surface area contributed by atoms with Crippen LogP contribution in [0.2, 0.25) is 0 Å². The van der Waals surface area contributed by atoms with Gasteiger partial charge in [0, 0.05) is 17.7 Å². The van der Waals surface area contributed by atoms with Crippen LogP contribution in [0.3, 0.4) is 0 Å². The second-order valence-corrected chi connectivity index (χ2v) is 7.06. The van der Waals surface area contributed by atoms with Crippen molar-refractivity contribution < 1.29 is 0 Å². The molecular weight excluding hydrogens is 424 g/mol. The minimum Gasteiger partial charge on any atom is -0.271 e. The zero-order chi connectivity index (χ0) is 13.9. The van der Waals surface area contributed by atoms with Crippen molar-refractivity contribution in [3.8, 4) is 0 Å². The van der Waals surface area contributed by atoms with Gasteiger partial charge >= 0.3 is 0 Å². The Balaban J connectivity index is 3.12. The molecule has 0 unspecified atom stereocenters. The molecule has 1 rings (SSSR count). The topological polar surface area (TPSA) is 17.8 Å². The van der Waals surface area contributed by atoms with E-state index in [0.717, 1.165) is 29.2 Å². The summed E-state index contributed by atoms with van der Waals surface area (Å²) < 4.78 is 3.20. The minimum atomic E-state index is 0.224. The summed E-state index contributed by atoms with van der Waals surface area (Å²) in [4.78, 5) is 0. The van der Waals surface area contributed by atoms with Gasteiger partial charge in [-0.2, -0.15) is 5.10 Å². The highest BCUT2D eigenvalue weighted by molar-refractivity contribution is 9.10. The largest absolute Gasteiger partial charge is 0.271 e. The molecule has 1 aromatic rings. The number of hydrogen-bond donors (Lipinski definition) is 0. The Kier molecular flexibility index (Phi) is 6.39. The maximum Gasteiger partial charge on any atom is 0.0766 e. The first-order chi connectivity index (χ1) is 8.41. The second kappa shape index (κ2) is 6.89. The Bertz CT molecular complexity index is 395. The van der Waals surface area contributed by atoms with Gasteiger partial charge in [-0.25, -0.2) is 0 Å². The van der Waals surface area contributed by atoms with E-state index >= 15 is 0 Å². The van der Waals surface area contributed by atoms with Crippen LogP contribution in [0.15, 0.2) is 4.47 Å². The molecule has 0 amide bonds. The molecule has 1 aromatic heterocycles. The fourth-order valence-electron chi connectivity index (χ4n) is 1.99. The van der Waals surface area contributed by atoms with E-state index in [9.17, 15) is 0 Å². The van der Waals surface area contributed by atoms with Crippen molar-refractivity contribution >= 4 is 47.8 Å². The van der Waals surface area contributed by atoms with Crippen molar-refractivity contribution in [2.45, 2.75) is 33.6 Å². The van der Waals surface area contributed by atoms with Gasteiger partial charge in [0.2, 0.25) is 0 Å². The highest BCUT2D eigenvalue weighted by atomic mass is 79.9. The molecular formula is C13H21Br3N2. The highest BCUT2D eigenvalue weighted by Crippen LogP contribution is 2.38. The zero-order valence-corrected chi connectivity index (χ0v) is 16.2. The quantitative estimate of drug-likeness (QED) is 0.580. The fraction of sp³-hybridized carbons (Fsp3) is 0.769. The van der Waals surface area contributed by atoms with E-state index in [1.165, 1.54) is 10.2 Å². The summed E-state index contributed by atoms with van der Waals surface area (Å²) in [5, 5.41) is 6.56. The lowest BCUT2D eigenvalue weighted by atomic mass is 9.77. The van der Waals surface area contributed by atoms with E-state index < -0.39 is 0 Å². The first kappa shape index (κ1) is 16.7. The monoisotopic (exact) mass is 442 g/mol. The average Bonchev–Trinajstić information content (AvgIpc) is 2.62. The summed E-state index contributed by atoms with van der Waals surface area (Å²) in [7, 11) is 2.03. The Morgan fingerprint density at radius 2 is 1.83 bits per heavy atom. The molecule has 0 aliphatic carbocycles.